The number of guanidine groups is 1. The topological polar surface area (TPSA) is 148 Å². The summed E-state index contributed by atoms with van der Waals surface area (Å²) in [5.41, 5.74) is 11.6. The maximum atomic E-state index is 8.74. The Bertz CT molecular complexity index is 546. The molecule has 0 radical (unpaired) electrons. The van der Waals surface area contributed by atoms with Gasteiger partial charge in [0.15, 0.2) is 5.96 Å². The van der Waals surface area contributed by atoms with E-state index in [0.717, 1.165) is 5.75 Å². The van der Waals surface area contributed by atoms with E-state index < -0.39 is 10.4 Å². The molecule has 1 aromatic rings. The number of ether oxygens (including phenoxy) is 1. The van der Waals surface area contributed by atoms with Gasteiger partial charge < -0.3 is 16.2 Å². The number of hydrogen-bond donors (Lipinski definition) is 4. The predicted octanol–water partition coefficient (Wildman–Crippen LogP) is 0.809. The van der Waals surface area contributed by atoms with Crippen molar-refractivity contribution >= 4 is 16.4 Å². The first-order valence-electron chi connectivity index (χ1n) is 6.08. The zero-order chi connectivity index (χ0) is 16.5. The molecule has 0 spiro atoms. The third-order valence-corrected chi connectivity index (χ3v) is 2.18. The van der Waals surface area contributed by atoms with Gasteiger partial charge in [-0.2, -0.15) is 8.42 Å². The Morgan fingerprint density at radius 1 is 1.29 bits per heavy atom. The average Bonchev–Trinajstić information content (AvgIpc) is 2.32. The Labute approximate surface area is 124 Å². The van der Waals surface area contributed by atoms with E-state index in [1.165, 1.54) is 5.56 Å². The standard InChI is InChI=1S/C12H19N3O.H2O4S/c1-9(2)10-5-3-4-6-11(10)16-8-7-15-12(13)14;1-5(2,3)4/h3-6,9H,7-8H2,1-2H3,(H4,13,14,15);(H2,1,2,3,4). The van der Waals surface area contributed by atoms with Gasteiger partial charge >= 0.3 is 10.4 Å². The van der Waals surface area contributed by atoms with Crippen LogP contribution in [0.15, 0.2) is 29.3 Å². The van der Waals surface area contributed by atoms with Gasteiger partial charge in [0.2, 0.25) is 0 Å². The molecule has 0 aliphatic carbocycles. The van der Waals surface area contributed by atoms with E-state index in [-0.39, 0.29) is 5.96 Å². The number of aliphatic imine (C=N–C) groups is 1. The third kappa shape index (κ3) is 11.7. The lowest BCUT2D eigenvalue weighted by atomic mass is 10.0. The van der Waals surface area contributed by atoms with Crippen molar-refractivity contribution in [3.63, 3.8) is 0 Å². The van der Waals surface area contributed by atoms with E-state index in [1.807, 2.05) is 18.2 Å². The van der Waals surface area contributed by atoms with Crippen LogP contribution in [0.5, 0.6) is 5.75 Å². The van der Waals surface area contributed by atoms with Crippen LogP contribution in [-0.4, -0.2) is 36.6 Å². The Morgan fingerprint density at radius 3 is 2.29 bits per heavy atom. The second-order valence-electron chi connectivity index (χ2n) is 4.30. The highest BCUT2D eigenvalue weighted by molar-refractivity contribution is 7.79. The highest BCUT2D eigenvalue weighted by Gasteiger charge is 2.05. The van der Waals surface area contributed by atoms with Gasteiger partial charge in [0.1, 0.15) is 12.4 Å². The molecule has 1 aromatic carbocycles. The van der Waals surface area contributed by atoms with Crippen LogP contribution in [0.1, 0.15) is 25.3 Å². The average molecular weight is 319 g/mol. The van der Waals surface area contributed by atoms with Crippen LogP contribution in [0, 0.1) is 0 Å². The monoisotopic (exact) mass is 319 g/mol. The smallest absolute Gasteiger partial charge is 0.394 e. The summed E-state index contributed by atoms with van der Waals surface area (Å²) in [5.74, 6) is 1.45. The van der Waals surface area contributed by atoms with Crippen molar-refractivity contribution in [2.75, 3.05) is 13.2 Å². The van der Waals surface area contributed by atoms with Crippen LogP contribution in [0.4, 0.5) is 0 Å². The van der Waals surface area contributed by atoms with Crippen molar-refractivity contribution in [1.29, 1.82) is 0 Å². The van der Waals surface area contributed by atoms with Crippen LogP contribution in [0.25, 0.3) is 0 Å². The van der Waals surface area contributed by atoms with Gasteiger partial charge in [-0.05, 0) is 17.5 Å². The molecule has 0 aliphatic rings. The van der Waals surface area contributed by atoms with Gasteiger partial charge in [0.05, 0.1) is 6.54 Å². The Morgan fingerprint density at radius 2 is 1.81 bits per heavy atom. The molecule has 9 heteroatoms. The summed E-state index contributed by atoms with van der Waals surface area (Å²) in [7, 11) is -4.67. The van der Waals surface area contributed by atoms with E-state index in [2.05, 4.69) is 24.9 Å². The van der Waals surface area contributed by atoms with Gasteiger partial charge in [-0.25, -0.2) is 0 Å². The molecular weight excluding hydrogens is 298 g/mol. The maximum Gasteiger partial charge on any atom is 0.394 e. The molecule has 0 saturated heterocycles. The highest BCUT2D eigenvalue weighted by atomic mass is 32.3. The predicted molar refractivity (Wildman–Crippen MR) is 80.9 cm³/mol. The SMILES string of the molecule is CC(C)c1ccccc1OCCN=C(N)N.O=S(=O)(O)O. The Hall–Kier alpha value is -1.84. The fourth-order valence-electron chi connectivity index (χ4n) is 1.42. The maximum absolute atomic E-state index is 8.74. The molecule has 120 valence electrons. The van der Waals surface area contributed by atoms with Gasteiger partial charge in [-0.15, -0.1) is 0 Å². The first kappa shape index (κ1) is 19.2. The van der Waals surface area contributed by atoms with E-state index in [0.29, 0.717) is 19.1 Å². The molecule has 0 bridgehead atoms. The number of rotatable bonds is 5. The number of hydrogen-bond acceptors (Lipinski definition) is 4. The van der Waals surface area contributed by atoms with Crippen molar-refractivity contribution in [1.82, 2.24) is 0 Å². The van der Waals surface area contributed by atoms with Crippen molar-refractivity contribution in [2.24, 2.45) is 16.5 Å². The summed E-state index contributed by atoms with van der Waals surface area (Å²) in [6.45, 7) is 5.24. The molecule has 8 nitrogen and oxygen atoms in total. The van der Waals surface area contributed by atoms with Crippen molar-refractivity contribution in [3.8, 4) is 5.75 Å². The molecule has 0 aliphatic heterocycles. The molecule has 0 atom stereocenters. The number of para-hydroxylation sites is 1. The zero-order valence-electron chi connectivity index (χ0n) is 11.9. The zero-order valence-corrected chi connectivity index (χ0v) is 12.7. The van der Waals surface area contributed by atoms with Gasteiger partial charge in [0, 0.05) is 0 Å². The van der Waals surface area contributed by atoms with Crippen LogP contribution < -0.4 is 16.2 Å². The minimum absolute atomic E-state index is 0.0979. The lowest BCUT2D eigenvalue weighted by Crippen LogP contribution is -2.23. The molecule has 21 heavy (non-hydrogen) atoms. The first-order chi connectivity index (χ1) is 9.61. The highest BCUT2D eigenvalue weighted by Crippen LogP contribution is 2.25. The molecular formula is C12H21N3O5S. The summed E-state index contributed by atoms with van der Waals surface area (Å²) in [4.78, 5) is 3.86. The second kappa shape index (κ2) is 9.16. The molecule has 0 aromatic heterocycles. The van der Waals surface area contributed by atoms with Crippen LogP contribution in [-0.2, 0) is 10.4 Å². The van der Waals surface area contributed by atoms with Crippen LogP contribution in [0.3, 0.4) is 0 Å². The van der Waals surface area contributed by atoms with Gasteiger partial charge in [0.25, 0.3) is 0 Å². The van der Waals surface area contributed by atoms with Gasteiger partial charge in [-0.3, -0.25) is 14.1 Å². The number of nitrogens with zero attached hydrogens (tertiary/aromatic N) is 1. The minimum atomic E-state index is -4.67. The first-order valence-corrected chi connectivity index (χ1v) is 7.48. The number of nitrogens with two attached hydrogens (primary N) is 2. The molecule has 0 fully saturated rings. The normalized spacial score (nSPS) is 10.5. The second-order valence-corrected chi connectivity index (χ2v) is 5.19. The fourth-order valence-corrected chi connectivity index (χ4v) is 1.42. The quantitative estimate of drug-likeness (QED) is 0.271. The molecule has 0 saturated carbocycles. The summed E-state index contributed by atoms with van der Waals surface area (Å²) in [6.07, 6.45) is 0. The summed E-state index contributed by atoms with van der Waals surface area (Å²) in [5, 5.41) is 0. The van der Waals surface area contributed by atoms with E-state index in [4.69, 9.17) is 33.7 Å². The summed E-state index contributed by atoms with van der Waals surface area (Å²) < 4.78 is 37.2. The lowest BCUT2D eigenvalue weighted by molar-refractivity contribution is 0.324. The number of benzene rings is 1. The minimum Gasteiger partial charge on any atom is -0.491 e. The van der Waals surface area contributed by atoms with E-state index in [9.17, 15) is 0 Å². The Balaban J connectivity index is 0.000000690. The van der Waals surface area contributed by atoms with E-state index in [1.54, 1.807) is 0 Å². The van der Waals surface area contributed by atoms with E-state index >= 15 is 0 Å². The molecule has 1 rings (SSSR count). The van der Waals surface area contributed by atoms with Crippen molar-refractivity contribution < 1.29 is 22.3 Å². The summed E-state index contributed by atoms with van der Waals surface area (Å²) in [6, 6.07) is 8.01. The van der Waals surface area contributed by atoms with Crippen LogP contribution in [0.2, 0.25) is 0 Å². The lowest BCUT2D eigenvalue weighted by Gasteiger charge is -2.12. The fraction of sp³-hybridized carbons (Fsp3) is 0.417. The Kier molecular flexibility index (Phi) is 8.36. The summed E-state index contributed by atoms with van der Waals surface area (Å²) >= 11 is 0. The molecule has 0 unspecified atom stereocenters. The molecule has 6 N–H and O–H groups in total. The van der Waals surface area contributed by atoms with Crippen molar-refractivity contribution in [2.45, 2.75) is 19.8 Å². The third-order valence-electron chi connectivity index (χ3n) is 2.18. The van der Waals surface area contributed by atoms with Crippen molar-refractivity contribution in [3.05, 3.63) is 29.8 Å². The van der Waals surface area contributed by atoms with Crippen LogP contribution >= 0.6 is 0 Å². The molecule has 0 amide bonds. The largest absolute Gasteiger partial charge is 0.491 e. The molecule has 0 heterocycles. The van der Waals surface area contributed by atoms with Gasteiger partial charge in [-0.1, -0.05) is 32.0 Å².